The third-order valence-electron chi connectivity index (χ3n) is 6.75. The summed E-state index contributed by atoms with van der Waals surface area (Å²) in [7, 11) is 3.26. The Bertz CT molecular complexity index is 1300. The van der Waals surface area contributed by atoms with Crippen LogP contribution in [0.5, 0.6) is 17.2 Å². The van der Waals surface area contributed by atoms with Gasteiger partial charge in [-0.2, -0.15) is 0 Å². The molecule has 0 unspecified atom stereocenters. The fraction of sp³-hybridized carbons (Fsp3) is 0.357. The fourth-order valence-corrected chi connectivity index (χ4v) is 4.73. The van der Waals surface area contributed by atoms with Crippen LogP contribution in [0.25, 0.3) is 11.1 Å². The number of hydrogen-bond donors (Lipinski definition) is 3. The number of carbonyl (C=O) groups excluding carboxylic acids is 1. The molecule has 0 radical (unpaired) electrons. The average Bonchev–Trinajstić information content (AvgIpc) is 2.93. The van der Waals surface area contributed by atoms with Crippen molar-refractivity contribution in [1.29, 1.82) is 0 Å². The zero-order chi connectivity index (χ0) is 27.2. The summed E-state index contributed by atoms with van der Waals surface area (Å²) in [4.78, 5) is 34.0. The number of carboxylic acid groups (broad SMARTS) is 1. The number of aromatic nitrogens is 2. The van der Waals surface area contributed by atoms with Crippen molar-refractivity contribution in [3.63, 3.8) is 0 Å². The van der Waals surface area contributed by atoms with Crippen molar-refractivity contribution in [2.45, 2.75) is 26.2 Å². The van der Waals surface area contributed by atoms with Gasteiger partial charge < -0.3 is 29.9 Å². The van der Waals surface area contributed by atoms with E-state index in [2.05, 4.69) is 44.5 Å². The number of rotatable bonds is 9. The first-order chi connectivity index (χ1) is 18.3. The molecule has 38 heavy (non-hydrogen) atoms. The van der Waals surface area contributed by atoms with Crippen molar-refractivity contribution < 1.29 is 29.3 Å². The average molecular weight is 521 g/mol. The summed E-state index contributed by atoms with van der Waals surface area (Å²) in [6.07, 6.45) is 2.42. The van der Waals surface area contributed by atoms with Crippen LogP contribution >= 0.6 is 0 Å². The standard InChI is InChI=1S/C28H32N4O6/c1-17-26(35)25(28(36)29-16-24(33)34)31-23(30-17)15-18-11-13-32(14-12-18)20-9-7-19(8-10-20)21-5-4-6-22(37-2)27(21)38-3/h4-10,18,35H,11-16H2,1-3H3,(H,29,36)(H,33,34). The maximum absolute atomic E-state index is 12.3. The van der Waals surface area contributed by atoms with E-state index in [1.807, 2.05) is 18.2 Å². The summed E-state index contributed by atoms with van der Waals surface area (Å²) in [6, 6.07) is 14.2. The Morgan fingerprint density at radius 1 is 1.05 bits per heavy atom. The molecule has 1 fully saturated rings. The zero-order valence-electron chi connectivity index (χ0n) is 21.7. The molecule has 10 nitrogen and oxygen atoms in total. The van der Waals surface area contributed by atoms with E-state index in [0.29, 0.717) is 35.4 Å². The van der Waals surface area contributed by atoms with Crippen LogP contribution in [0.1, 0.15) is 34.8 Å². The summed E-state index contributed by atoms with van der Waals surface area (Å²) >= 11 is 0. The lowest BCUT2D eigenvalue weighted by atomic mass is 9.92. The van der Waals surface area contributed by atoms with Gasteiger partial charge in [-0.1, -0.05) is 24.3 Å². The SMILES string of the molecule is COc1cccc(-c2ccc(N3CCC(Cc4nc(C)c(O)c(C(=O)NCC(=O)O)n4)CC3)cc2)c1OC. The van der Waals surface area contributed by atoms with Gasteiger partial charge in [0.1, 0.15) is 12.4 Å². The molecule has 2 heterocycles. The van der Waals surface area contributed by atoms with Crippen LogP contribution in [0.2, 0.25) is 0 Å². The van der Waals surface area contributed by atoms with Crippen LogP contribution in [0.3, 0.4) is 0 Å². The van der Waals surface area contributed by atoms with Gasteiger partial charge >= 0.3 is 5.97 Å². The van der Waals surface area contributed by atoms with Crippen LogP contribution in [0, 0.1) is 12.8 Å². The largest absolute Gasteiger partial charge is 0.504 e. The maximum Gasteiger partial charge on any atom is 0.322 e. The van der Waals surface area contributed by atoms with E-state index < -0.39 is 18.4 Å². The lowest BCUT2D eigenvalue weighted by molar-refractivity contribution is -0.135. The molecule has 3 aromatic rings. The van der Waals surface area contributed by atoms with Crippen LogP contribution in [-0.2, 0) is 11.2 Å². The van der Waals surface area contributed by atoms with E-state index in [0.717, 1.165) is 42.7 Å². The van der Waals surface area contributed by atoms with Crippen molar-refractivity contribution in [2.75, 3.05) is 38.8 Å². The van der Waals surface area contributed by atoms with Gasteiger partial charge in [-0.3, -0.25) is 9.59 Å². The quantitative estimate of drug-likeness (QED) is 0.388. The molecule has 1 aromatic heterocycles. The Balaban J connectivity index is 1.39. The Morgan fingerprint density at radius 2 is 1.76 bits per heavy atom. The van der Waals surface area contributed by atoms with E-state index in [1.54, 1.807) is 21.1 Å². The first-order valence-corrected chi connectivity index (χ1v) is 12.4. The number of carbonyl (C=O) groups is 2. The van der Waals surface area contributed by atoms with E-state index in [1.165, 1.54) is 0 Å². The van der Waals surface area contributed by atoms with E-state index in [4.69, 9.17) is 14.6 Å². The van der Waals surface area contributed by atoms with Gasteiger partial charge in [0.15, 0.2) is 22.9 Å². The lowest BCUT2D eigenvalue weighted by Crippen LogP contribution is -2.34. The highest BCUT2D eigenvalue weighted by Crippen LogP contribution is 2.38. The molecule has 2 aromatic carbocycles. The van der Waals surface area contributed by atoms with Gasteiger partial charge in [-0.05, 0) is 49.4 Å². The first kappa shape index (κ1) is 26.7. The van der Waals surface area contributed by atoms with E-state index >= 15 is 0 Å². The molecule has 4 rings (SSSR count). The predicted molar refractivity (Wildman–Crippen MR) is 142 cm³/mol. The zero-order valence-corrected chi connectivity index (χ0v) is 21.7. The number of aliphatic carboxylic acids is 1. The minimum atomic E-state index is -1.18. The number of benzene rings is 2. The summed E-state index contributed by atoms with van der Waals surface area (Å²) in [5, 5.41) is 21.2. The molecule has 1 aliphatic heterocycles. The highest BCUT2D eigenvalue weighted by Gasteiger charge is 2.24. The molecule has 0 saturated carbocycles. The lowest BCUT2D eigenvalue weighted by Gasteiger charge is -2.33. The van der Waals surface area contributed by atoms with Crippen LogP contribution < -0.4 is 19.7 Å². The monoisotopic (exact) mass is 520 g/mol. The molecule has 1 saturated heterocycles. The van der Waals surface area contributed by atoms with E-state index in [-0.39, 0.29) is 11.4 Å². The number of aromatic hydroxyl groups is 1. The summed E-state index contributed by atoms with van der Waals surface area (Å²) in [5.41, 5.74) is 3.25. The molecular weight excluding hydrogens is 488 g/mol. The Labute approximate surface area is 221 Å². The van der Waals surface area contributed by atoms with Crippen LogP contribution in [0.15, 0.2) is 42.5 Å². The maximum atomic E-state index is 12.3. The molecular formula is C28H32N4O6. The molecule has 1 aliphatic rings. The van der Waals surface area contributed by atoms with Crippen molar-refractivity contribution in [3.8, 4) is 28.4 Å². The third-order valence-corrected chi connectivity index (χ3v) is 6.75. The molecule has 3 N–H and O–H groups in total. The number of ether oxygens (including phenoxy) is 2. The summed E-state index contributed by atoms with van der Waals surface area (Å²) < 4.78 is 11.0. The Hall–Kier alpha value is -4.34. The number of amides is 1. The Kier molecular flexibility index (Phi) is 8.30. The second kappa shape index (κ2) is 11.8. The third kappa shape index (κ3) is 5.96. The normalized spacial score (nSPS) is 13.7. The Morgan fingerprint density at radius 3 is 2.39 bits per heavy atom. The number of aryl methyl sites for hydroxylation is 1. The summed E-state index contributed by atoms with van der Waals surface area (Å²) in [5.74, 6) is -0.0517. The highest BCUT2D eigenvalue weighted by atomic mass is 16.5. The molecule has 0 bridgehead atoms. The fourth-order valence-electron chi connectivity index (χ4n) is 4.73. The highest BCUT2D eigenvalue weighted by molar-refractivity contribution is 5.96. The molecule has 0 spiro atoms. The van der Waals surface area contributed by atoms with Gasteiger partial charge in [0.25, 0.3) is 5.91 Å². The molecule has 10 heteroatoms. The number of anilines is 1. The molecule has 0 atom stereocenters. The topological polar surface area (TPSA) is 134 Å². The second-order valence-electron chi connectivity index (χ2n) is 9.22. The number of nitrogens with one attached hydrogen (secondary N) is 1. The predicted octanol–water partition coefficient (Wildman–Crippen LogP) is 3.45. The van der Waals surface area contributed by atoms with Gasteiger partial charge in [-0.15, -0.1) is 0 Å². The second-order valence-corrected chi connectivity index (χ2v) is 9.22. The van der Waals surface area contributed by atoms with Gasteiger partial charge in [0.05, 0.1) is 19.9 Å². The van der Waals surface area contributed by atoms with Crippen molar-refractivity contribution in [1.82, 2.24) is 15.3 Å². The van der Waals surface area contributed by atoms with Gasteiger partial charge in [-0.25, -0.2) is 9.97 Å². The number of carboxylic acids is 1. The smallest absolute Gasteiger partial charge is 0.322 e. The van der Waals surface area contributed by atoms with Crippen molar-refractivity contribution >= 4 is 17.6 Å². The number of para-hydroxylation sites is 1. The number of piperidine rings is 1. The van der Waals surface area contributed by atoms with Crippen molar-refractivity contribution in [2.24, 2.45) is 5.92 Å². The summed E-state index contributed by atoms with van der Waals surface area (Å²) in [6.45, 7) is 2.79. The molecule has 200 valence electrons. The molecule has 1 amide bonds. The number of methoxy groups -OCH3 is 2. The van der Waals surface area contributed by atoms with E-state index in [9.17, 15) is 14.7 Å². The molecule has 0 aliphatic carbocycles. The minimum Gasteiger partial charge on any atom is -0.504 e. The number of nitrogens with zero attached hydrogens (tertiary/aromatic N) is 3. The van der Waals surface area contributed by atoms with Crippen LogP contribution in [-0.4, -0.2) is 65.9 Å². The van der Waals surface area contributed by atoms with Gasteiger partial charge in [0.2, 0.25) is 0 Å². The first-order valence-electron chi connectivity index (χ1n) is 12.4. The minimum absolute atomic E-state index is 0.195. The van der Waals surface area contributed by atoms with Gasteiger partial charge in [0, 0.05) is 30.8 Å². The van der Waals surface area contributed by atoms with Crippen LogP contribution in [0.4, 0.5) is 5.69 Å². The van der Waals surface area contributed by atoms with Crippen molar-refractivity contribution in [3.05, 3.63) is 59.7 Å². The number of hydrogen-bond acceptors (Lipinski definition) is 8.